The van der Waals surface area contributed by atoms with E-state index in [0.717, 1.165) is 30.0 Å². The summed E-state index contributed by atoms with van der Waals surface area (Å²) in [5.74, 6) is 0. The summed E-state index contributed by atoms with van der Waals surface area (Å²) in [4.78, 5) is 0. The first-order valence-corrected chi connectivity index (χ1v) is 6.55. The molecule has 0 fully saturated rings. The van der Waals surface area contributed by atoms with Crippen LogP contribution in [0.25, 0.3) is 10.9 Å². The van der Waals surface area contributed by atoms with Gasteiger partial charge < -0.3 is 10.3 Å². The summed E-state index contributed by atoms with van der Waals surface area (Å²) in [6.07, 6.45) is 2.09. The van der Waals surface area contributed by atoms with Crippen molar-refractivity contribution in [3.63, 3.8) is 0 Å². The fourth-order valence-corrected chi connectivity index (χ4v) is 2.60. The van der Waals surface area contributed by atoms with E-state index in [0.29, 0.717) is 0 Å². The van der Waals surface area contributed by atoms with E-state index in [2.05, 4.69) is 41.0 Å². The van der Waals surface area contributed by atoms with Gasteiger partial charge in [-0.3, -0.25) is 4.68 Å². The quantitative estimate of drug-likeness (QED) is 0.731. The van der Waals surface area contributed by atoms with Crippen molar-refractivity contribution in [3.05, 3.63) is 47.9 Å². The summed E-state index contributed by atoms with van der Waals surface area (Å²) in [6, 6.07) is 10.3. The minimum atomic E-state index is 0.798. The van der Waals surface area contributed by atoms with Crippen LogP contribution in [0.2, 0.25) is 0 Å². The van der Waals surface area contributed by atoms with E-state index in [9.17, 15) is 0 Å². The molecule has 0 aliphatic rings. The number of hydrogen-bond acceptors (Lipinski definition) is 2. The largest absolute Gasteiger partial charge is 0.397 e. The third-order valence-corrected chi connectivity index (χ3v) is 3.44. The van der Waals surface area contributed by atoms with Crippen LogP contribution in [-0.4, -0.2) is 14.3 Å². The predicted molar refractivity (Wildman–Crippen MR) is 78.1 cm³/mol. The molecule has 0 saturated carbocycles. The zero-order valence-corrected chi connectivity index (χ0v) is 11.3. The molecule has 0 spiro atoms. The molecular weight excluding hydrogens is 236 g/mol. The SMILES string of the molecule is CCn1nc(C)cc1Cn1ccc2cccc(N)c21. The minimum Gasteiger partial charge on any atom is -0.397 e. The maximum atomic E-state index is 6.09. The number of fused-ring (bicyclic) bond motifs is 1. The molecule has 19 heavy (non-hydrogen) atoms. The summed E-state index contributed by atoms with van der Waals surface area (Å²) < 4.78 is 4.23. The standard InChI is InChI=1S/C15H18N4/c1-3-19-13(9-11(2)17-19)10-18-8-7-12-5-4-6-14(16)15(12)18/h4-9H,3,10,16H2,1-2H3. The van der Waals surface area contributed by atoms with Gasteiger partial charge in [-0.05, 0) is 32.0 Å². The molecule has 0 atom stereocenters. The van der Waals surface area contributed by atoms with Gasteiger partial charge in [-0.2, -0.15) is 5.10 Å². The molecule has 0 bridgehead atoms. The Hall–Kier alpha value is -2.23. The number of nitrogen functional groups attached to an aromatic ring is 1. The van der Waals surface area contributed by atoms with Gasteiger partial charge >= 0.3 is 0 Å². The van der Waals surface area contributed by atoms with Crippen LogP contribution in [0.1, 0.15) is 18.3 Å². The van der Waals surface area contributed by atoms with E-state index >= 15 is 0 Å². The van der Waals surface area contributed by atoms with E-state index in [-0.39, 0.29) is 0 Å². The summed E-state index contributed by atoms with van der Waals surface area (Å²) in [5, 5.41) is 5.66. The highest BCUT2D eigenvalue weighted by molar-refractivity contribution is 5.90. The predicted octanol–water partition coefficient (Wildman–Crippen LogP) is 2.80. The van der Waals surface area contributed by atoms with Gasteiger partial charge in [0.2, 0.25) is 0 Å². The Morgan fingerprint density at radius 2 is 2.11 bits per heavy atom. The van der Waals surface area contributed by atoms with E-state index < -0.39 is 0 Å². The summed E-state index contributed by atoms with van der Waals surface area (Å²) in [7, 11) is 0. The molecule has 0 amide bonds. The van der Waals surface area contributed by atoms with Crippen LogP contribution in [0.15, 0.2) is 36.5 Å². The Balaban J connectivity index is 2.06. The number of benzene rings is 1. The van der Waals surface area contributed by atoms with E-state index in [4.69, 9.17) is 5.73 Å². The second-order valence-electron chi connectivity index (χ2n) is 4.82. The van der Waals surface area contributed by atoms with Crippen LogP contribution in [0.3, 0.4) is 0 Å². The molecule has 0 radical (unpaired) electrons. The fourth-order valence-electron chi connectivity index (χ4n) is 2.60. The van der Waals surface area contributed by atoms with E-state index in [1.54, 1.807) is 0 Å². The molecule has 2 N–H and O–H groups in total. The van der Waals surface area contributed by atoms with Gasteiger partial charge in [0.25, 0.3) is 0 Å². The Kier molecular flexibility index (Phi) is 2.78. The number of nitrogens with two attached hydrogens (primary N) is 1. The molecule has 98 valence electrons. The fraction of sp³-hybridized carbons (Fsp3) is 0.267. The smallest absolute Gasteiger partial charge is 0.0717 e. The summed E-state index contributed by atoms with van der Waals surface area (Å²) in [5.41, 5.74) is 10.3. The summed E-state index contributed by atoms with van der Waals surface area (Å²) >= 11 is 0. The van der Waals surface area contributed by atoms with Gasteiger partial charge in [0, 0.05) is 18.1 Å². The highest BCUT2D eigenvalue weighted by Crippen LogP contribution is 2.23. The first-order chi connectivity index (χ1) is 9.19. The first kappa shape index (κ1) is 11.8. The summed E-state index contributed by atoms with van der Waals surface area (Å²) in [6.45, 7) is 5.82. The highest BCUT2D eigenvalue weighted by Gasteiger charge is 2.08. The minimum absolute atomic E-state index is 0.798. The number of nitrogens with zero attached hydrogens (tertiary/aromatic N) is 3. The second kappa shape index (κ2) is 4.46. The van der Waals surface area contributed by atoms with E-state index in [1.807, 2.05) is 23.7 Å². The lowest BCUT2D eigenvalue weighted by Gasteiger charge is -2.09. The molecule has 0 unspecified atom stereocenters. The van der Waals surface area contributed by atoms with Crippen LogP contribution < -0.4 is 5.73 Å². The maximum absolute atomic E-state index is 6.09. The van der Waals surface area contributed by atoms with Gasteiger partial charge in [0.05, 0.1) is 29.1 Å². The molecule has 4 nitrogen and oxygen atoms in total. The molecule has 0 aliphatic heterocycles. The van der Waals surface area contributed by atoms with Crippen LogP contribution in [0, 0.1) is 6.92 Å². The van der Waals surface area contributed by atoms with Crippen molar-refractivity contribution in [2.75, 3.05) is 5.73 Å². The lowest BCUT2D eigenvalue weighted by atomic mass is 10.2. The Morgan fingerprint density at radius 3 is 2.89 bits per heavy atom. The molecule has 2 heterocycles. The third-order valence-electron chi connectivity index (χ3n) is 3.44. The van der Waals surface area contributed by atoms with Crippen molar-refractivity contribution in [3.8, 4) is 0 Å². The van der Waals surface area contributed by atoms with Crippen LogP contribution in [0.4, 0.5) is 5.69 Å². The average Bonchev–Trinajstić information content (AvgIpc) is 2.95. The number of para-hydroxylation sites is 1. The molecule has 3 aromatic rings. The van der Waals surface area contributed by atoms with Gasteiger partial charge in [0.1, 0.15) is 0 Å². The zero-order valence-electron chi connectivity index (χ0n) is 11.3. The number of rotatable bonds is 3. The van der Waals surface area contributed by atoms with Crippen molar-refractivity contribution in [1.29, 1.82) is 0 Å². The van der Waals surface area contributed by atoms with Crippen molar-refractivity contribution >= 4 is 16.6 Å². The van der Waals surface area contributed by atoms with Gasteiger partial charge in [-0.25, -0.2) is 0 Å². The van der Waals surface area contributed by atoms with Crippen molar-refractivity contribution in [2.45, 2.75) is 26.9 Å². The Morgan fingerprint density at radius 1 is 1.26 bits per heavy atom. The van der Waals surface area contributed by atoms with E-state index in [1.165, 1.54) is 11.1 Å². The topological polar surface area (TPSA) is 48.8 Å². The lowest BCUT2D eigenvalue weighted by molar-refractivity contribution is 0.602. The number of anilines is 1. The van der Waals surface area contributed by atoms with Crippen LogP contribution in [0.5, 0.6) is 0 Å². The molecule has 0 aliphatic carbocycles. The molecule has 4 heteroatoms. The lowest BCUT2D eigenvalue weighted by Crippen LogP contribution is -2.07. The number of hydrogen-bond donors (Lipinski definition) is 1. The van der Waals surface area contributed by atoms with Gasteiger partial charge in [-0.15, -0.1) is 0 Å². The Bertz CT molecular complexity index is 721. The van der Waals surface area contributed by atoms with Gasteiger partial charge in [0.15, 0.2) is 0 Å². The third kappa shape index (κ3) is 1.99. The second-order valence-corrected chi connectivity index (χ2v) is 4.82. The normalized spacial score (nSPS) is 11.3. The van der Waals surface area contributed by atoms with Crippen LogP contribution in [-0.2, 0) is 13.1 Å². The van der Waals surface area contributed by atoms with Crippen molar-refractivity contribution in [1.82, 2.24) is 14.3 Å². The van der Waals surface area contributed by atoms with Gasteiger partial charge in [-0.1, -0.05) is 12.1 Å². The van der Waals surface area contributed by atoms with Crippen molar-refractivity contribution < 1.29 is 0 Å². The molecule has 0 saturated heterocycles. The first-order valence-electron chi connectivity index (χ1n) is 6.55. The average molecular weight is 254 g/mol. The number of aromatic nitrogens is 3. The monoisotopic (exact) mass is 254 g/mol. The molecule has 3 rings (SSSR count). The Labute approximate surface area is 112 Å². The number of aryl methyl sites for hydroxylation is 2. The maximum Gasteiger partial charge on any atom is 0.0717 e. The molecule has 1 aromatic carbocycles. The van der Waals surface area contributed by atoms with Crippen LogP contribution >= 0.6 is 0 Å². The molecular formula is C15H18N4. The highest BCUT2D eigenvalue weighted by atomic mass is 15.3. The van der Waals surface area contributed by atoms with Crippen molar-refractivity contribution in [2.24, 2.45) is 0 Å². The zero-order chi connectivity index (χ0) is 13.4. The molecule has 2 aromatic heterocycles.